The van der Waals surface area contributed by atoms with E-state index in [1.54, 1.807) is 30.3 Å². The number of methoxy groups -OCH3 is 1. The Morgan fingerprint density at radius 1 is 1.31 bits per heavy atom. The van der Waals surface area contributed by atoms with E-state index in [9.17, 15) is 9.59 Å². The number of rotatable bonds is 6. The maximum atomic E-state index is 12.5. The lowest BCUT2D eigenvalue weighted by molar-refractivity contribution is 0.0602. The molecule has 1 aromatic carbocycles. The molecule has 8 heteroatoms. The standard InChI is InChI=1S/C18H20N4O4/c1-25-18(24)13-6-2-3-7-14(13)22-17(23)15-9-16(21-11-20-15)19-10-12-5-4-8-26-12/h2-3,6-7,9,11-12H,4-5,8,10H2,1H3,(H,22,23)(H,19,20,21). The van der Waals surface area contributed by atoms with Gasteiger partial charge in [0.2, 0.25) is 0 Å². The van der Waals surface area contributed by atoms with Crippen molar-refractivity contribution in [3.63, 3.8) is 0 Å². The highest BCUT2D eigenvalue weighted by Gasteiger charge is 2.17. The molecule has 1 fully saturated rings. The smallest absolute Gasteiger partial charge is 0.339 e. The molecule has 26 heavy (non-hydrogen) atoms. The van der Waals surface area contributed by atoms with Crippen LogP contribution in [0.5, 0.6) is 0 Å². The first kappa shape index (κ1) is 17.8. The number of hydrogen-bond acceptors (Lipinski definition) is 7. The van der Waals surface area contributed by atoms with E-state index in [4.69, 9.17) is 9.47 Å². The van der Waals surface area contributed by atoms with Gasteiger partial charge in [-0.15, -0.1) is 0 Å². The van der Waals surface area contributed by atoms with E-state index in [1.807, 2.05) is 0 Å². The molecule has 3 rings (SSSR count). The van der Waals surface area contributed by atoms with E-state index < -0.39 is 11.9 Å². The number of hydrogen-bond donors (Lipinski definition) is 2. The molecule has 0 bridgehead atoms. The lowest BCUT2D eigenvalue weighted by Gasteiger charge is -2.12. The van der Waals surface area contributed by atoms with Crippen LogP contribution in [0.1, 0.15) is 33.7 Å². The fourth-order valence-corrected chi connectivity index (χ4v) is 2.67. The summed E-state index contributed by atoms with van der Waals surface area (Å²) in [6, 6.07) is 8.18. The van der Waals surface area contributed by atoms with Crippen LogP contribution in [0, 0.1) is 0 Å². The Balaban J connectivity index is 1.68. The third kappa shape index (κ3) is 4.34. The average Bonchev–Trinajstić information content (AvgIpc) is 3.20. The van der Waals surface area contributed by atoms with Gasteiger partial charge in [0, 0.05) is 19.2 Å². The van der Waals surface area contributed by atoms with Gasteiger partial charge >= 0.3 is 5.97 Å². The molecule has 2 N–H and O–H groups in total. The number of para-hydroxylation sites is 1. The van der Waals surface area contributed by atoms with Crippen molar-refractivity contribution >= 4 is 23.4 Å². The van der Waals surface area contributed by atoms with E-state index in [-0.39, 0.29) is 17.4 Å². The molecule has 1 aliphatic rings. The van der Waals surface area contributed by atoms with Crippen LogP contribution < -0.4 is 10.6 Å². The number of ether oxygens (including phenoxy) is 2. The summed E-state index contributed by atoms with van der Waals surface area (Å²) in [6.07, 6.45) is 3.55. The summed E-state index contributed by atoms with van der Waals surface area (Å²) < 4.78 is 10.3. The van der Waals surface area contributed by atoms with E-state index in [1.165, 1.54) is 13.4 Å². The van der Waals surface area contributed by atoms with Crippen LogP contribution in [0.3, 0.4) is 0 Å². The van der Waals surface area contributed by atoms with Crippen molar-refractivity contribution in [3.8, 4) is 0 Å². The van der Waals surface area contributed by atoms with E-state index in [0.717, 1.165) is 19.4 Å². The molecule has 8 nitrogen and oxygen atoms in total. The van der Waals surface area contributed by atoms with Gasteiger partial charge in [-0.1, -0.05) is 12.1 Å². The van der Waals surface area contributed by atoms with Crippen molar-refractivity contribution < 1.29 is 19.1 Å². The maximum Gasteiger partial charge on any atom is 0.339 e. The molecule has 1 amide bonds. The first-order chi connectivity index (χ1) is 12.7. The average molecular weight is 356 g/mol. The molecule has 136 valence electrons. The van der Waals surface area contributed by atoms with Crippen LogP contribution >= 0.6 is 0 Å². The van der Waals surface area contributed by atoms with Crippen molar-refractivity contribution in [2.24, 2.45) is 0 Å². The van der Waals surface area contributed by atoms with Crippen molar-refractivity contribution in [1.82, 2.24) is 9.97 Å². The SMILES string of the molecule is COC(=O)c1ccccc1NC(=O)c1cc(NCC2CCCO2)ncn1. The normalized spacial score (nSPS) is 16.1. The molecular formula is C18H20N4O4. The number of amides is 1. The highest BCUT2D eigenvalue weighted by atomic mass is 16.5. The molecule has 2 aromatic rings. The lowest BCUT2D eigenvalue weighted by atomic mass is 10.1. The summed E-state index contributed by atoms with van der Waals surface area (Å²) in [7, 11) is 1.29. The van der Waals surface area contributed by atoms with E-state index >= 15 is 0 Å². The van der Waals surface area contributed by atoms with Gasteiger partial charge in [0.25, 0.3) is 5.91 Å². The Kier molecular flexibility index (Phi) is 5.75. The summed E-state index contributed by atoms with van der Waals surface area (Å²) >= 11 is 0. The number of aromatic nitrogens is 2. The molecule has 0 spiro atoms. The first-order valence-corrected chi connectivity index (χ1v) is 8.33. The van der Waals surface area contributed by atoms with Crippen LogP contribution in [0.15, 0.2) is 36.7 Å². The summed E-state index contributed by atoms with van der Waals surface area (Å²) in [5.41, 5.74) is 0.820. The minimum absolute atomic E-state index is 0.161. The van der Waals surface area contributed by atoms with E-state index in [2.05, 4.69) is 20.6 Å². The zero-order chi connectivity index (χ0) is 18.4. The second-order valence-electron chi connectivity index (χ2n) is 5.80. The van der Waals surface area contributed by atoms with Gasteiger partial charge in [-0.2, -0.15) is 0 Å². The number of nitrogens with zero attached hydrogens (tertiary/aromatic N) is 2. The second-order valence-corrected chi connectivity index (χ2v) is 5.80. The molecule has 2 heterocycles. The molecule has 1 aromatic heterocycles. The van der Waals surface area contributed by atoms with Gasteiger partial charge in [0.05, 0.1) is 24.5 Å². The number of carbonyl (C=O) groups is 2. The van der Waals surface area contributed by atoms with Gasteiger partial charge in [0.15, 0.2) is 0 Å². The summed E-state index contributed by atoms with van der Waals surface area (Å²) in [6.45, 7) is 1.41. The fourth-order valence-electron chi connectivity index (χ4n) is 2.67. The largest absolute Gasteiger partial charge is 0.465 e. The monoisotopic (exact) mass is 356 g/mol. The van der Waals surface area contributed by atoms with Crippen LogP contribution in [-0.4, -0.2) is 48.2 Å². The Hall–Kier alpha value is -3.00. The quantitative estimate of drug-likeness (QED) is 0.764. The maximum absolute atomic E-state index is 12.5. The lowest BCUT2D eigenvalue weighted by Crippen LogP contribution is -2.20. The number of esters is 1. The number of anilines is 2. The fraction of sp³-hybridized carbons (Fsp3) is 0.333. The van der Waals surface area contributed by atoms with Crippen molar-refractivity contribution in [2.75, 3.05) is 30.9 Å². The first-order valence-electron chi connectivity index (χ1n) is 8.33. The Bertz CT molecular complexity index is 790. The zero-order valence-corrected chi connectivity index (χ0v) is 14.4. The number of carbonyl (C=O) groups excluding carboxylic acids is 2. The van der Waals surface area contributed by atoms with Crippen LogP contribution in [-0.2, 0) is 9.47 Å². The van der Waals surface area contributed by atoms with Crippen molar-refractivity contribution in [3.05, 3.63) is 47.9 Å². The highest BCUT2D eigenvalue weighted by Crippen LogP contribution is 2.17. The summed E-state index contributed by atoms with van der Waals surface area (Å²) in [5.74, 6) is -0.423. The second kappa shape index (κ2) is 8.39. The van der Waals surface area contributed by atoms with E-state index in [0.29, 0.717) is 18.1 Å². The van der Waals surface area contributed by atoms with Crippen molar-refractivity contribution in [1.29, 1.82) is 0 Å². The van der Waals surface area contributed by atoms with Gasteiger partial charge in [-0.25, -0.2) is 14.8 Å². The molecule has 0 saturated carbocycles. The zero-order valence-electron chi connectivity index (χ0n) is 14.4. The Morgan fingerprint density at radius 2 is 2.15 bits per heavy atom. The highest BCUT2D eigenvalue weighted by molar-refractivity contribution is 6.07. The topological polar surface area (TPSA) is 102 Å². The Labute approximate surface area is 150 Å². The predicted octanol–water partition coefficient (Wildman–Crippen LogP) is 2.11. The molecule has 1 atom stereocenters. The minimum Gasteiger partial charge on any atom is -0.465 e. The third-order valence-electron chi connectivity index (χ3n) is 4.02. The molecular weight excluding hydrogens is 336 g/mol. The number of nitrogens with one attached hydrogen (secondary N) is 2. The van der Waals surface area contributed by atoms with Gasteiger partial charge in [-0.05, 0) is 25.0 Å². The minimum atomic E-state index is -0.525. The van der Waals surface area contributed by atoms with Crippen LogP contribution in [0.2, 0.25) is 0 Å². The predicted molar refractivity (Wildman–Crippen MR) is 95.2 cm³/mol. The van der Waals surface area contributed by atoms with Gasteiger partial charge in [0.1, 0.15) is 17.8 Å². The molecule has 1 unspecified atom stereocenters. The number of benzene rings is 1. The van der Waals surface area contributed by atoms with Crippen LogP contribution in [0.25, 0.3) is 0 Å². The third-order valence-corrected chi connectivity index (χ3v) is 4.02. The summed E-state index contributed by atoms with van der Waals surface area (Å²) in [5, 5.41) is 5.84. The molecule has 1 saturated heterocycles. The van der Waals surface area contributed by atoms with Crippen molar-refractivity contribution in [2.45, 2.75) is 18.9 Å². The van der Waals surface area contributed by atoms with Gasteiger partial charge in [-0.3, -0.25) is 4.79 Å². The molecule has 1 aliphatic heterocycles. The molecule has 0 radical (unpaired) electrons. The summed E-state index contributed by atoms with van der Waals surface area (Å²) in [4.78, 5) is 32.4. The Morgan fingerprint density at radius 3 is 2.92 bits per heavy atom. The van der Waals surface area contributed by atoms with Crippen LogP contribution in [0.4, 0.5) is 11.5 Å². The van der Waals surface area contributed by atoms with Gasteiger partial charge < -0.3 is 20.1 Å². The molecule has 0 aliphatic carbocycles.